The first-order chi connectivity index (χ1) is 11.7. The van der Waals surface area contributed by atoms with Gasteiger partial charge < -0.3 is 14.0 Å². The predicted octanol–water partition coefficient (Wildman–Crippen LogP) is 3.38. The fourth-order valence-corrected chi connectivity index (χ4v) is 3.34. The Hall–Kier alpha value is -2.08. The number of aromatic nitrogens is 2. The van der Waals surface area contributed by atoms with E-state index in [4.69, 9.17) is 14.0 Å². The molecular weight excluding hydrogens is 306 g/mol. The second kappa shape index (κ2) is 7.66. The van der Waals surface area contributed by atoms with Gasteiger partial charge in [-0.1, -0.05) is 18.0 Å². The number of methoxy groups -OCH3 is 2. The normalized spacial score (nSPS) is 15.2. The predicted molar refractivity (Wildman–Crippen MR) is 91.1 cm³/mol. The molecule has 0 bridgehead atoms. The second-order valence-electron chi connectivity index (χ2n) is 6.43. The minimum atomic E-state index is 0.541. The van der Waals surface area contributed by atoms with Gasteiger partial charge in [0.25, 0.3) is 0 Å². The molecule has 1 heterocycles. The molecule has 0 unspecified atom stereocenters. The van der Waals surface area contributed by atoms with Gasteiger partial charge in [0.1, 0.15) is 11.5 Å². The highest BCUT2D eigenvalue weighted by atomic mass is 16.5. The minimum absolute atomic E-state index is 0.541. The molecule has 3 rings (SSSR count). The molecule has 0 spiro atoms. The van der Waals surface area contributed by atoms with Gasteiger partial charge in [-0.25, -0.2) is 0 Å². The van der Waals surface area contributed by atoms with Crippen molar-refractivity contribution in [3.05, 3.63) is 24.1 Å². The van der Waals surface area contributed by atoms with Crippen LogP contribution in [0.5, 0.6) is 11.5 Å². The summed E-state index contributed by atoms with van der Waals surface area (Å²) in [6, 6.07) is 5.56. The maximum Gasteiger partial charge on any atom is 0.241 e. The molecule has 0 N–H and O–H groups in total. The molecule has 1 aromatic heterocycles. The van der Waals surface area contributed by atoms with E-state index < -0.39 is 0 Å². The molecule has 0 aliphatic heterocycles. The number of rotatable bonds is 7. The lowest BCUT2D eigenvalue weighted by Crippen LogP contribution is -2.24. The van der Waals surface area contributed by atoms with Crippen LogP contribution in [0.2, 0.25) is 0 Å². The van der Waals surface area contributed by atoms with Crippen molar-refractivity contribution in [3.8, 4) is 22.9 Å². The quantitative estimate of drug-likeness (QED) is 0.775. The maximum atomic E-state index is 5.42. The first-order valence-corrected chi connectivity index (χ1v) is 8.43. The SMILES string of the molecule is COc1ccc(-c2noc(CN(C)CC3CCCC3)n2)c(OC)c1. The smallest absolute Gasteiger partial charge is 0.241 e. The van der Waals surface area contributed by atoms with E-state index in [-0.39, 0.29) is 0 Å². The van der Waals surface area contributed by atoms with Crippen molar-refractivity contribution in [1.29, 1.82) is 0 Å². The molecule has 1 aromatic carbocycles. The van der Waals surface area contributed by atoms with Crippen molar-refractivity contribution in [3.63, 3.8) is 0 Å². The summed E-state index contributed by atoms with van der Waals surface area (Å²) in [7, 11) is 5.35. The molecule has 1 aliphatic rings. The van der Waals surface area contributed by atoms with E-state index >= 15 is 0 Å². The van der Waals surface area contributed by atoms with Crippen molar-refractivity contribution < 1.29 is 14.0 Å². The highest BCUT2D eigenvalue weighted by Gasteiger charge is 2.19. The number of nitrogens with zero attached hydrogens (tertiary/aromatic N) is 3. The van der Waals surface area contributed by atoms with Gasteiger partial charge in [-0.15, -0.1) is 0 Å². The molecule has 2 aromatic rings. The minimum Gasteiger partial charge on any atom is -0.497 e. The maximum absolute atomic E-state index is 5.42. The van der Waals surface area contributed by atoms with Crippen molar-refractivity contribution >= 4 is 0 Å². The summed E-state index contributed by atoms with van der Waals surface area (Å²) >= 11 is 0. The Labute approximate surface area is 142 Å². The monoisotopic (exact) mass is 331 g/mol. The van der Waals surface area contributed by atoms with E-state index in [1.54, 1.807) is 14.2 Å². The first-order valence-electron chi connectivity index (χ1n) is 8.43. The first kappa shape index (κ1) is 16.8. The van der Waals surface area contributed by atoms with Crippen LogP contribution in [0.15, 0.2) is 22.7 Å². The summed E-state index contributed by atoms with van der Waals surface area (Å²) in [5.41, 5.74) is 0.798. The number of hydrogen-bond donors (Lipinski definition) is 0. The fraction of sp³-hybridized carbons (Fsp3) is 0.556. The number of ether oxygens (including phenoxy) is 2. The van der Waals surface area contributed by atoms with Gasteiger partial charge in [-0.2, -0.15) is 4.98 Å². The Bertz CT molecular complexity index is 665. The Balaban J connectivity index is 1.68. The molecule has 24 heavy (non-hydrogen) atoms. The molecule has 130 valence electrons. The van der Waals surface area contributed by atoms with Crippen LogP contribution in [-0.2, 0) is 6.54 Å². The zero-order chi connectivity index (χ0) is 16.9. The van der Waals surface area contributed by atoms with Gasteiger partial charge in [0.15, 0.2) is 0 Å². The van der Waals surface area contributed by atoms with E-state index in [1.807, 2.05) is 18.2 Å². The van der Waals surface area contributed by atoms with Gasteiger partial charge >= 0.3 is 0 Å². The van der Waals surface area contributed by atoms with Crippen LogP contribution in [0.3, 0.4) is 0 Å². The van der Waals surface area contributed by atoms with E-state index in [2.05, 4.69) is 22.1 Å². The highest BCUT2D eigenvalue weighted by Crippen LogP contribution is 2.31. The van der Waals surface area contributed by atoms with Gasteiger partial charge in [-0.3, -0.25) is 4.90 Å². The molecule has 1 aliphatic carbocycles. The third-order valence-electron chi connectivity index (χ3n) is 4.57. The van der Waals surface area contributed by atoms with Crippen molar-refractivity contribution in [2.24, 2.45) is 5.92 Å². The van der Waals surface area contributed by atoms with Crippen LogP contribution >= 0.6 is 0 Å². The van der Waals surface area contributed by atoms with Gasteiger partial charge in [-0.05, 0) is 37.9 Å². The van der Waals surface area contributed by atoms with Gasteiger partial charge in [0.05, 0.1) is 26.3 Å². The summed E-state index contributed by atoms with van der Waals surface area (Å²) in [5, 5.41) is 4.10. The Morgan fingerprint density at radius 3 is 2.71 bits per heavy atom. The van der Waals surface area contributed by atoms with Crippen molar-refractivity contribution in [1.82, 2.24) is 15.0 Å². The van der Waals surface area contributed by atoms with Crippen molar-refractivity contribution in [2.45, 2.75) is 32.2 Å². The lowest BCUT2D eigenvalue weighted by Gasteiger charge is -2.18. The summed E-state index contributed by atoms with van der Waals surface area (Å²) in [6.07, 6.45) is 5.39. The molecule has 1 saturated carbocycles. The lowest BCUT2D eigenvalue weighted by atomic mass is 10.1. The molecule has 0 radical (unpaired) electrons. The van der Waals surface area contributed by atoms with Crippen LogP contribution < -0.4 is 9.47 Å². The van der Waals surface area contributed by atoms with Crippen LogP contribution in [0.1, 0.15) is 31.6 Å². The van der Waals surface area contributed by atoms with Gasteiger partial charge in [0.2, 0.25) is 11.7 Å². The Kier molecular flexibility index (Phi) is 5.35. The molecule has 1 fully saturated rings. The third kappa shape index (κ3) is 3.87. The second-order valence-corrected chi connectivity index (χ2v) is 6.43. The van der Waals surface area contributed by atoms with E-state index in [0.29, 0.717) is 24.0 Å². The summed E-state index contributed by atoms with van der Waals surface area (Å²) < 4.78 is 16.0. The van der Waals surface area contributed by atoms with Crippen LogP contribution in [0.4, 0.5) is 0 Å². The van der Waals surface area contributed by atoms with Gasteiger partial charge in [0, 0.05) is 12.6 Å². The molecule has 6 heteroatoms. The van der Waals surface area contributed by atoms with E-state index in [0.717, 1.165) is 23.8 Å². The Morgan fingerprint density at radius 1 is 1.21 bits per heavy atom. The van der Waals surface area contributed by atoms with E-state index in [9.17, 15) is 0 Å². The topological polar surface area (TPSA) is 60.6 Å². The molecule has 0 amide bonds. The van der Waals surface area contributed by atoms with Crippen LogP contribution in [0, 0.1) is 5.92 Å². The third-order valence-corrected chi connectivity index (χ3v) is 4.57. The average molecular weight is 331 g/mol. The molecule has 6 nitrogen and oxygen atoms in total. The number of hydrogen-bond acceptors (Lipinski definition) is 6. The lowest BCUT2D eigenvalue weighted by molar-refractivity contribution is 0.234. The molecule has 0 saturated heterocycles. The summed E-state index contributed by atoms with van der Waals surface area (Å²) in [4.78, 5) is 6.78. The molecular formula is C18H25N3O3. The zero-order valence-electron chi connectivity index (χ0n) is 14.6. The summed E-state index contributed by atoms with van der Waals surface area (Å²) in [5.74, 6) is 3.37. The Morgan fingerprint density at radius 2 is 2.00 bits per heavy atom. The van der Waals surface area contributed by atoms with Crippen LogP contribution in [0.25, 0.3) is 11.4 Å². The standard InChI is InChI=1S/C18H25N3O3/c1-21(11-13-6-4-5-7-13)12-17-19-18(20-24-17)15-9-8-14(22-2)10-16(15)23-3/h8-10,13H,4-7,11-12H2,1-3H3. The van der Waals surface area contributed by atoms with Crippen LogP contribution in [-0.4, -0.2) is 42.9 Å². The average Bonchev–Trinajstić information content (AvgIpc) is 3.26. The largest absolute Gasteiger partial charge is 0.497 e. The highest BCUT2D eigenvalue weighted by molar-refractivity contribution is 5.65. The zero-order valence-corrected chi connectivity index (χ0v) is 14.6. The fourth-order valence-electron chi connectivity index (χ4n) is 3.34. The summed E-state index contributed by atoms with van der Waals surface area (Å²) in [6.45, 7) is 1.76. The number of benzene rings is 1. The van der Waals surface area contributed by atoms with Crippen molar-refractivity contribution in [2.75, 3.05) is 27.8 Å². The van der Waals surface area contributed by atoms with E-state index in [1.165, 1.54) is 25.7 Å². The molecule has 0 atom stereocenters.